The van der Waals surface area contributed by atoms with Crippen LogP contribution in [0.15, 0.2) is 77.7 Å². The Bertz CT molecular complexity index is 1310. The number of sulfonamides is 1. The molecule has 0 atom stereocenters. The van der Waals surface area contributed by atoms with Crippen LogP contribution in [0.4, 0.5) is 29.3 Å². The average Bonchev–Trinajstić information content (AvgIpc) is 2.80. The Morgan fingerprint density at radius 3 is 2.29 bits per heavy atom. The van der Waals surface area contributed by atoms with Crippen LogP contribution < -0.4 is 9.62 Å². The summed E-state index contributed by atoms with van der Waals surface area (Å²) in [6.45, 7) is 1.05. The van der Waals surface area contributed by atoms with Crippen molar-refractivity contribution in [1.29, 1.82) is 0 Å². The number of hydrogen-bond acceptors (Lipinski definition) is 3. The molecule has 6 nitrogen and oxygen atoms in total. The van der Waals surface area contributed by atoms with Gasteiger partial charge in [0.25, 0.3) is 10.0 Å². The monoisotopic (exact) mass is 523 g/mol. The number of carbonyl (C=O) groups is 1. The number of halogens is 4. The molecule has 0 aliphatic carbocycles. The highest BCUT2D eigenvalue weighted by Crippen LogP contribution is 2.30. The van der Waals surface area contributed by atoms with E-state index in [4.69, 9.17) is 11.6 Å². The van der Waals surface area contributed by atoms with Gasteiger partial charge in [0.1, 0.15) is 0 Å². The van der Waals surface area contributed by atoms with E-state index in [1.807, 2.05) is 0 Å². The second-order valence-corrected chi connectivity index (χ2v) is 10.1. The van der Waals surface area contributed by atoms with Gasteiger partial charge in [-0.3, -0.25) is 9.62 Å². The maximum Gasteiger partial charge on any atom is 0.416 e. The molecule has 0 radical (unpaired) electrons. The number of amides is 2. The van der Waals surface area contributed by atoms with Crippen molar-refractivity contribution < 1.29 is 26.4 Å². The summed E-state index contributed by atoms with van der Waals surface area (Å²) in [5.41, 5.74) is 0.622. The molecular weight excluding hydrogens is 503 g/mol. The van der Waals surface area contributed by atoms with Crippen molar-refractivity contribution in [1.82, 2.24) is 4.90 Å². The van der Waals surface area contributed by atoms with Crippen LogP contribution in [0.3, 0.4) is 0 Å². The van der Waals surface area contributed by atoms with Gasteiger partial charge in [-0.05, 0) is 66.6 Å². The minimum Gasteiger partial charge on any atom is -0.320 e. The van der Waals surface area contributed by atoms with Gasteiger partial charge in [0, 0.05) is 30.3 Å². The predicted octanol–water partition coefficient (Wildman–Crippen LogP) is 5.99. The molecule has 2 amide bonds. The number of benzene rings is 3. The Morgan fingerprint density at radius 1 is 0.943 bits per heavy atom. The van der Waals surface area contributed by atoms with Gasteiger partial charge in [0.15, 0.2) is 0 Å². The Morgan fingerprint density at radius 2 is 1.63 bits per heavy atom. The largest absolute Gasteiger partial charge is 0.416 e. The highest BCUT2D eigenvalue weighted by molar-refractivity contribution is 7.92. The van der Waals surface area contributed by atoms with Gasteiger partial charge in [-0.15, -0.1) is 0 Å². The quantitative estimate of drug-likeness (QED) is 0.431. The zero-order valence-electron chi connectivity index (χ0n) is 18.3. The molecule has 0 spiro atoms. The molecule has 0 aromatic heterocycles. The Kier molecular flexibility index (Phi) is 6.95. The van der Waals surface area contributed by atoms with E-state index < -0.39 is 21.8 Å². The number of hydrogen-bond donors (Lipinski definition) is 1. The first-order valence-electron chi connectivity index (χ1n) is 10.6. The fraction of sp³-hybridized carbons (Fsp3) is 0.208. The molecule has 0 saturated carbocycles. The number of nitrogens with zero attached hydrogens (tertiary/aromatic N) is 2. The van der Waals surface area contributed by atoms with E-state index >= 15 is 0 Å². The maximum atomic E-state index is 13.1. The number of anilines is 2. The summed E-state index contributed by atoms with van der Waals surface area (Å²) >= 11 is 5.83. The Balaban J connectivity index is 1.48. The number of urea groups is 1. The predicted molar refractivity (Wildman–Crippen MR) is 128 cm³/mol. The Labute approximate surface area is 206 Å². The van der Waals surface area contributed by atoms with Gasteiger partial charge in [0.05, 0.1) is 16.1 Å². The summed E-state index contributed by atoms with van der Waals surface area (Å²) < 4.78 is 66.3. The molecule has 1 aliphatic rings. The fourth-order valence-corrected chi connectivity index (χ4v) is 4.93. The third-order valence-corrected chi connectivity index (χ3v) is 7.15. The molecule has 1 fully saturated rings. The first-order valence-corrected chi connectivity index (χ1v) is 12.5. The van der Waals surface area contributed by atoms with E-state index in [-0.39, 0.29) is 23.2 Å². The van der Waals surface area contributed by atoms with Crippen LogP contribution in [0.1, 0.15) is 17.5 Å². The van der Waals surface area contributed by atoms with E-state index in [0.29, 0.717) is 35.8 Å². The lowest BCUT2D eigenvalue weighted by Crippen LogP contribution is -2.49. The normalized spacial score (nSPS) is 14.8. The van der Waals surface area contributed by atoms with E-state index in [1.54, 1.807) is 29.2 Å². The molecule has 11 heteroatoms. The van der Waals surface area contributed by atoms with E-state index in [0.717, 1.165) is 12.1 Å². The molecule has 1 aliphatic heterocycles. The zero-order valence-corrected chi connectivity index (χ0v) is 19.9. The number of rotatable bonds is 6. The van der Waals surface area contributed by atoms with Crippen molar-refractivity contribution in [2.75, 3.05) is 22.7 Å². The van der Waals surface area contributed by atoms with Crippen LogP contribution >= 0.6 is 11.6 Å². The lowest BCUT2D eigenvalue weighted by molar-refractivity contribution is -0.137. The van der Waals surface area contributed by atoms with Crippen LogP contribution in [-0.4, -0.2) is 32.4 Å². The van der Waals surface area contributed by atoms with Crippen molar-refractivity contribution in [3.8, 4) is 0 Å². The minimum absolute atomic E-state index is 0.0454. The average molecular weight is 524 g/mol. The third kappa shape index (κ3) is 5.88. The molecule has 1 heterocycles. The molecule has 3 aromatic carbocycles. The summed E-state index contributed by atoms with van der Waals surface area (Å²) in [5.74, 6) is 0. The number of alkyl halides is 3. The second kappa shape index (κ2) is 9.79. The van der Waals surface area contributed by atoms with Crippen LogP contribution in [0.5, 0.6) is 0 Å². The molecule has 184 valence electrons. The summed E-state index contributed by atoms with van der Waals surface area (Å²) in [5, 5.41) is 0.412. The van der Waals surface area contributed by atoms with Gasteiger partial charge in [-0.25, -0.2) is 13.2 Å². The van der Waals surface area contributed by atoms with E-state index in [2.05, 4.69) is 4.72 Å². The van der Waals surface area contributed by atoms with Crippen molar-refractivity contribution in [3.05, 3.63) is 88.9 Å². The second-order valence-electron chi connectivity index (χ2n) is 8.01. The first kappa shape index (κ1) is 24.9. The molecule has 3 aromatic rings. The molecule has 0 unspecified atom stereocenters. The van der Waals surface area contributed by atoms with Gasteiger partial charge >= 0.3 is 12.2 Å². The van der Waals surface area contributed by atoms with Crippen LogP contribution in [0.2, 0.25) is 5.02 Å². The van der Waals surface area contributed by atoms with Crippen LogP contribution in [0, 0.1) is 0 Å². The van der Waals surface area contributed by atoms with Crippen LogP contribution in [0.25, 0.3) is 0 Å². The summed E-state index contributed by atoms with van der Waals surface area (Å²) in [6.07, 6.45) is -3.77. The smallest absolute Gasteiger partial charge is 0.320 e. The van der Waals surface area contributed by atoms with E-state index in [9.17, 15) is 26.4 Å². The molecule has 1 N–H and O–H groups in total. The summed E-state index contributed by atoms with van der Waals surface area (Å²) in [7, 11) is -3.86. The van der Waals surface area contributed by atoms with Crippen molar-refractivity contribution in [3.63, 3.8) is 0 Å². The molecule has 1 saturated heterocycles. The SMILES string of the molecule is O=C1N(Cc2ccc(C(F)(F)F)cc2)CCCN1c1cccc(NS(=O)(=O)c2ccc(Cl)cc2)c1. The molecular formula is C24H21ClF3N3O3S. The topological polar surface area (TPSA) is 69.7 Å². The Hall–Kier alpha value is -3.24. The van der Waals surface area contributed by atoms with Gasteiger partial charge in [0.2, 0.25) is 0 Å². The maximum absolute atomic E-state index is 13.1. The fourth-order valence-electron chi connectivity index (χ4n) is 3.75. The van der Waals surface area contributed by atoms with E-state index in [1.165, 1.54) is 41.3 Å². The highest BCUT2D eigenvalue weighted by atomic mass is 35.5. The first-order chi connectivity index (χ1) is 16.5. The lowest BCUT2D eigenvalue weighted by atomic mass is 10.1. The van der Waals surface area contributed by atoms with Crippen molar-refractivity contribution in [2.45, 2.75) is 24.0 Å². The molecule has 0 bridgehead atoms. The van der Waals surface area contributed by atoms with Crippen molar-refractivity contribution >= 4 is 39.0 Å². The lowest BCUT2D eigenvalue weighted by Gasteiger charge is -2.36. The van der Waals surface area contributed by atoms with Gasteiger partial charge in [-0.1, -0.05) is 29.8 Å². The zero-order chi connectivity index (χ0) is 25.2. The van der Waals surface area contributed by atoms with Gasteiger partial charge < -0.3 is 4.90 Å². The standard InChI is InChI=1S/C24H21ClF3N3O3S/c25-19-9-11-22(12-10-19)35(33,34)29-20-3-1-4-21(15-20)31-14-2-13-30(23(31)32)16-17-5-7-18(8-6-17)24(26,27)28/h1,3-12,15,29H,2,13-14,16H2. The highest BCUT2D eigenvalue weighted by Gasteiger charge is 2.31. The van der Waals surface area contributed by atoms with Crippen LogP contribution in [-0.2, 0) is 22.7 Å². The summed E-state index contributed by atoms with van der Waals surface area (Å²) in [4.78, 5) is 16.2. The number of nitrogens with one attached hydrogen (secondary N) is 1. The number of carbonyl (C=O) groups excluding carboxylic acids is 1. The molecule has 4 rings (SSSR count). The van der Waals surface area contributed by atoms with Crippen molar-refractivity contribution in [2.24, 2.45) is 0 Å². The third-order valence-electron chi connectivity index (χ3n) is 5.50. The minimum atomic E-state index is -4.42. The van der Waals surface area contributed by atoms with Gasteiger partial charge in [-0.2, -0.15) is 13.2 Å². The summed E-state index contributed by atoms with van der Waals surface area (Å²) in [6, 6.07) is 16.6. The molecule has 35 heavy (non-hydrogen) atoms.